The lowest BCUT2D eigenvalue weighted by molar-refractivity contribution is 0.0696. The van der Waals surface area contributed by atoms with Gasteiger partial charge in [0.25, 0.3) is 0 Å². The van der Waals surface area contributed by atoms with Crippen molar-refractivity contribution in [2.24, 2.45) is 0 Å². The van der Waals surface area contributed by atoms with Crippen molar-refractivity contribution in [2.75, 3.05) is 21.3 Å². The monoisotopic (exact) mass is 658 g/mol. The molecule has 2 aliphatic heterocycles. The lowest BCUT2D eigenvalue weighted by Crippen LogP contribution is -2.46. The van der Waals surface area contributed by atoms with Crippen LogP contribution in [0, 0.1) is 6.92 Å². The zero-order valence-electron chi connectivity index (χ0n) is 27.0. The molecule has 0 fully saturated rings. The summed E-state index contributed by atoms with van der Waals surface area (Å²) in [5.41, 5.74) is 3.64. The van der Waals surface area contributed by atoms with Crippen LogP contribution in [0.1, 0.15) is 61.6 Å². The van der Waals surface area contributed by atoms with E-state index in [1.165, 1.54) is 18.9 Å². The SMILES string of the molecule is COc1ccc(C2CC(=O)c3c(OC)cc(C)c(C4(Sc5ccccc5)C(=O)c5ccccc5OC4c4ccc(OC)cc4)c3O2)cc1. The number of ketones is 2. The summed E-state index contributed by atoms with van der Waals surface area (Å²) in [4.78, 5) is 30.4. The molecular weight excluding hydrogens is 625 g/mol. The van der Waals surface area contributed by atoms with Crippen LogP contribution in [0.2, 0.25) is 0 Å². The Morgan fingerprint density at radius 1 is 0.729 bits per heavy atom. The minimum atomic E-state index is -1.44. The normalized spacial score (nSPS) is 19.8. The van der Waals surface area contributed by atoms with Crippen LogP contribution in [0.5, 0.6) is 28.7 Å². The lowest BCUT2D eigenvalue weighted by Gasteiger charge is -2.45. The summed E-state index contributed by atoms with van der Waals surface area (Å²) in [6.45, 7) is 1.93. The Kier molecular flexibility index (Phi) is 8.35. The number of aryl methyl sites for hydroxylation is 1. The highest BCUT2D eigenvalue weighted by Gasteiger charge is 2.57. The number of carbonyl (C=O) groups is 2. The predicted octanol–water partition coefficient (Wildman–Crippen LogP) is 8.73. The molecule has 0 saturated carbocycles. The number of fused-ring (bicyclic) bond motifs is 2. The second-order valence-corrected chi connectivity index (χ2v) is 13.0. The first-order chi connectivity index (χ1) is 23.4. The highest BCUT2D eigenvalue weighted by molar-refractivity contribution is 8.01. The number of hydrogen-bond donors (Lipinski definition) is 0. The molecule has 0 saturated heterocycles. The number of benzene rings is 5. The van der Waals surface area contributed by atoms with Crippen LogP contribution in [0.3, 0.4) is 0 Å². The molecule has 0 aliphatic carbocycles. The average molecular weight is 659 g/mol. The molecule has 48 heavy (non-hydrogen) atoms. The van der Waals surface area contributed by atoms with Crippen LogP contribution in [0.25, 0.3) is 0 Å². The third-order valence-electron chi connectivity index (χ3n) is 8.95. The molecule has 8 heteroatoms. The number of thioether (sulfide) groups is 1. The van der Waals surface area contributed by atoms with Crippen LogP contribution in [0.4, 0.5) is 0 Å². The van der Waals surface area contributed by atoms with E-state index in [4.69, 9.17) is 23.7 Å². The van der Waals surface area contributed by atoms with E-state index in [9.17, 15) is 4.79 Å². The van der Waals surface area contributed by atoms with Gasteiger partial charge in [-0.2, -0.15) is 0 Å². The van der Waals surface area contributed by atoms with E-state index in [2.05, 4.69) is 0 Å². The van der Waals surface area contributed by atoms with Crippen molar-refractivity contribution in [1.29, 1.82) is 0 Å². The van der Waals surface area contributed by atoms with Crippen molar-refractivity contribution in [1.82, 2.24) is 0 Å². The molecule has 2 aliphatic rings. The molecular formula is C40H34O7S. The maximum absolute atomic E-state index is 15.4. The van der Waals surface area contributed by atoms with E-state index >= 15 is 4.79 Å². The second kappa shape index (κ2) is 12.8. The summed E-state index contributed by atoms with van der Waals surface area (Å²) in [5, 5.41) is 0. The first-order valence-electron chi connectivity index (χ1n) is 15.6. The van der Waals surface area contributed by atoms with Crippen LogP contribution in [-0.2, 0) is 4.75 Å². The number of para-hydroxylation sites is 1. The summed E-state index contributed by atoms with van der Waals surface area (Å²) in [7, 11) is 4.76. The highest BCUT2D eigenvalue weighted by Crippen LogP contribution is 2.61. The van der Waals surface area contributed by atoms with Gasteiger partial charge in [0.1, 0.15) is 40.4 Å². The summed E-state index contributed by atoms with van der Waals surface area (Å²) >= 11 is 1.40. The van der Waals surface area contributed by atoms with E-state index in [-0.39, 0.29) is 18.0 Å². The fourth-order valence-electron chi connectivity index (χ4n) is 6.66. The van der Waals surface area contributed by atoms with Crippen molar-refractivity contribution < 1.29 is 33.3 Å². The third kappa shape index (κ3) is 5.26. The van der Waals surface area contributed by atoms with Gasteiger partial charge in [-0.25, -0.2) is 0 Å². The maximum atomic E-state index is 15.4. The van der Waals surface area contributed by atoms with E-state index in [1.54, 1.807) is 20.3 Å². The van der Waals surface area contributed by atoms with Crippen LogP contribution in [-0.4, -0.2) is 32.9 Å². The number of Topliss-reactive ketones (excluding diaryl/α,β-unsaturated/α-hetero) is 2. The van der Waals surface area contributed by atoms with Gasteiger partial charge in [0.05, 0.1) is 33.3 Å². The van der Waals surface area contributed by atoms with Gasteiger partial charge in [-0.1, -0.05) is 54.6 Å². The van der Waals surface area contributed by atoms with Crippen molar-refractivity contribution in [3.05, 3.63) is 143 Å². The molecule has 5 aromatic rings. The van der Waals surface area contributed by atoms with Gasteiger partial charge in [-0.05, 0) is 78.2 Å². The van der Waals surface area contributed by atoms with Crippen LogP contribution < -0.4 is 23.7 Å². The Morgan fingerprint density at radius 3 is 2.00 bits per heavy atom. The zero-order chi connectivity index (χ0) is 33.4. The van der Waals surface area contributed by atoms with Crippen LogP contribution >= 0.6 is 11.8 Å². The molecule has 7 nitrogen and oxygen atoms in total. The Bertz CT molecular complexity index is 1990. The summed E-state index contributed by atoms with van der Waals surface area (Å²) in [6, 6.07) is 33.9. The van der Waals surface area contributed by atoms with E-state index in [0.717, 1.165) is 21.6 Å². The maximum Gasteiger partial charge on any atom is 0.191 e. The van der Waals surface area contributed by atoms with Crippen molar-refractivity contribution in [3.63, 3.8) is 0 Å². The number of rotatable bonds is 8. The molecule has 3 atom stereocenters. The fourth-order valence-corrected chi connectivity index (χ4v) is 8.17. The topological polar surface area (TPSA) is 80.3 Å². The molecule has 242 valence electrons. The Labute approximate surface area is 283 Å². The predicted molar refractivity (Wildman–Crippen MR) is 184 cm³/mol. The van der Waals surface area contributed by atoms with Crippen LogP contribution in [0.15, 0.2) is 114 Å². The van der Waals surface area contributed by atoms with E-state index < -0.39 is 17.0 Å². The Morgan fingerprint density at radius 2 is 1.35 bits per heavy atom. The minimum absolute atomic E-state index is 0.103. The molecule has 0 bridgehead atoms. The van der Waals surface area contributed by atoms with Gasteiger partial charge in [0, 0.05) is 10.5 Å². The van der Waals surface area contributed by atoms with Gasteiger partial charge in [0.2, 0.25) is 0 Å². The van der Waals surface area contributed by atoms with E-state index in [0.29, 0.717) is 45.4 Å². The number of hydrogen-bond acceptors (Lipinski definition) is 8. The Hall–Kier alpha value is -5.21. The highest BCUT2D eigenvalue weighted by atomic mass is 32.2. The molecule has 5 aromatic carbocycles. The third-order valence-corrected chi connectivity index (χ3v) is 10.4. The molecule has 7 rings (SSSR count). The summed E-state index contributed by atoms with van der Waals surface area (Å²) in [6.07, 6.45) is -1.33. The zero-order valence-corrected chi connectivity index (χ0v) is 27.8. The average Bonchev–Trinajstić information content (AvgIpc) is 3.13. The largest absolute Gasteiger partial charge is 0.497 e. The molecule has 3 unspecified atom stereocenters. The van der Waals surface area contributed by atoms with E-state index in [1.807, 2.05) is 110 Å². The fraction of sp³-hybridized carbons (Fsp3) is 0.200. The Balaban J connectivity index is 1.53. The number of ether oxygens (including phenoxy) is 5. The van der Waals surface area contributed by atoms with Crippen molar-refractivity contribution in [3.8, 4) is 28.7 Å². The molecule has 0 aromatic heterocycles. The number of carbonyl (C=O) groups excluding carboxylic acids is 2. The van der Waals surface area contributed by atoms with Gasteiger partial charge in [-0.3, -0.25) is 9.59 Å². The quantitative estimate of drug-likeness (QED) is 0.164. The molecule has 0 spiro atoms. The second-order valence-electron chi connectivity index (χ2n) is 11.7. The van der Waals surface area contributed by atoms with Gasteiger partial charge in [-0.15, -0.1) is 11.8 Å². The molecule has 0 radical (unpaired) electrons. The first-order valence-corrected chi connectivity index (χ1v) is 16.4. The first kappa shape index (κ1) is 31.4. The van der Waals surface area contributed by atoms with Crippen molar-refractivity contribution >= 4 is 23.3 Å². The summed E-state index contributed by atoms with van der Waals surface area (Å²) < 4.78 is 29.0. The lowest BCUT2D eigenvalue weighted by atomic mass is 9.76. The van der Waals surface area contributed by atoms with Gasteiger partial charge in [0.15, 0.2) is 22.4 Å². The van der Waals surface area contributed by atoms with Gasteiger partial charge >= 0.3 is 0 Å². The minimum Gasteiger partial charge on any atom is -0.497 e. The van der Waals surface area contributed by atoms with Crippen molar-refractivity contribution in [2.45, 2.75) is 35.2 Å². The standard InChI is InChI=1S/C40H34O7S/c1-24-22-34(45-4)35-31(41)23-33(25-14-18-27(43-2)19-15-25)46-37(35)36(24)40(48-29-10-6-5-7-11-29)38(42)30-12-8-9-13-32(30)47-39(40)26-16-20-28(44-3)21-17-26/h5-22,33,39H,23H2,1-4H3. The number of methoxy groups -OCH3 is 3. The molecule has 2 heterocycles. The molecule has 0 amide bonds. The smallest absolute Gasteiger partial charge is 0.191 e. The molecule has 0 N–H and O–H groups in total. The summed E-state index contributed by atoms with van der Waals surface area (Å²) in [5.74, 6) is 2.29. The van der Waals surface area contributed by atoms with Gasteiger partial charge < -0.3 is 23.7 Å².